The summed E-state index contributed by atoms with van der Waals surface area (Å²) in [4.78, 5) is 2.30. The van der Waals surface area contributed by atoms with Gasteiger partial charge in [0, 0.05) is 47.0 Å². The van der Waals surface area contributed by atoms with Crippen LogP contribution < -0.4 is 16.0 Å². The Balaban J connectivity index is 2.23. The molecule has 1 heterocycles. The van der Waals surface area contributed by atoms with Crippen LogP contribution in [0.2, 0.25) is 5.02 Å². The molecule has 4 heteroatoms. The molecular weight excluding hydrogens is 246 g/mol. The van der Waals surface area contributed by atoms with E-state index in [4.69, 9.17) is 17.3 Å². The van der Waals surface area contributed by atoms with Gasteiger partial charge < -0.3 is 16.0 Å². The van der Waals surface area contributed by atoms with Crippen LogP contribution in [0.1, 0.15) is 12.5 Å². The van der Waals surface area contributed by atoms with E-state index >= 15 is 0 Å². The first-order chi connectivity index (χ1) is 8.49. The zero-order chi connectivity index (χ0) is 13.3. The fourth-order valence-corrected chi connectivity index (χ4v) is 2.91. The van der Waals surface area contributed by atoms with Crippen molar-refractivity contribution in [2.75, 3.05) is 37.3 Å². The van der Waals surface area contributed by atoms with Crippen LogP contribution in [0.25, 0.3) is 6.08 Å². The number of rotatable bonds is 4. The standard InChI is InChI=1S/C14H20ClN3/c1-4-11-12(16)5-10(15)6-13(11)18-8-14(2,9-18)7-17-3/h4-6,17H,1,7-9,16H2,2-3H3. The smallest absolute Gasteiger partial charge is 0.0475 e. The second-order valence-corrected chi connectivity index (χ2v) is 5.77. The molecule has 1 aliphatic rings. The molecule has 3 N–H and O–H groups in total. The van der Waals surface area contributed by atoms with Gasteiger partial charge in [0.05, 0.1) is 0 Å². The van der Waals surface area contributed by atoms with E-state index in [0.717, 1.165) is 30.9 Å². The minimum atomic E-state index is 0.324. The van der Waals surface area contributed by atoms with Crippen LogP contribution in [0.4, 0.5) is 11.4 Å². The van der Waals surface area contributed by atoms with E-state index in [0.29, 0.717) is 16.1 Å². The normalized spacial score (nSPS) is 17.4. The lowest BCUT2D eigenvalue weighted by Crippen LogP contribution is -2.58. The Hall–Kier alpha value is -1.19. The summed E-state index contributed by atoms with van der Waals surface area (Å²) < 4.78 is 0. The highest BCUT2D eigenvalue weighted by Gasteiger charge is 2.38. The average Bonchev–Trinajstić information content (AvgIpc) is 2.25. The number of hydrogen-bond donors (Lipinski definition) is 2. The number of nitrogen functional groups attached to an aromatic ring is 1. The molecule has 0 radical (unpaired) electrons. The highest BCUT2D eigenvalue weighted by molar-refractivity contribution is 6.31. The Labute approximate surface area is 114 Å². The number of halogens is 1. The van der Waals surface area contributed by atoms with Gasteiger partial charge in [-0.05, 0) is 19.2 Å². The molecule has 98 valence electrons. The highest BCUT2D eigenvalue weighted by atomic mass is 35.5. The van der Waals surface area contributed by atoms with E-state index in [1.807, 2.05) is 13.1 Å². The van der Waals surface area contributed by atoms with Crippen molar-refractivity contribution >= 4 is 29.1 Å². The molecule has 1 aliphatic heterocycles. The van der Waals surface area contributed by atoms with Crippen molar-refractivity contribution in [3.05, 3.63) is 29.3 Å². The van der Waals surface area contributed by atoms with Crippen LogP contribution in [0.15, 0.2) is 18.7 Å². The Morgan fingerprint density at radius 3 is 2.78 bits per heavy atom. The summed E-state index contributed by atoms with van der Waals surface area (Å²) in [6.45, 7) is 9.15. The predicted octanol–water partition coefficient (Wildman–Crippen LogP) is 2.61. The zero-order valence-electron chi connectivity index (χ0n) is 11.0. The van der Waals surface area contributed by atoms with Crippen molar-refractivity contribution < 1.29 is 0 Å². The summed E-state index contributed by atoms with van der Waals surface area (Å²) in [6.07, 6.45) is 1.80. The van der Waals surface area contributed by atoms with Gasteiger partial charge in [-0.1, -0.05) is 31.2 Å². The highest BCUT2D eigenvalue weighted by Crippen LogP contribution is 2.39. The van der Waals surface area contributed by atoms with E-state index in [9.17, 15) is 0 Å². The molecule has 2 rings (SSSR count). The summed E-state index contributed by atoms with van der Waals surface area (Å²) in [7, 11) is 1.99. The summed E-state index contributed by atoms with van der Waals surface area (Å²) >= 11 is 6.08. The third-order valence-electron chi connectivity index (χ3n) is 3.45. The van der Waals surface area contributed by atoms with Gasteiger partial charge in [0.1, 0.15) is 0 Å². The van der Waals surface area contributed by atoms with Crippen molar-refractivity contribution in [2.24, 2.45) is 5.41 Å². The van der Waals surface area contributed by atoms with Gasteiger partial charge in [-0.15, -0.1) is 0 Å². The third-order valence-corrected chi connectivity index (χ3v) is 3.67. The van der Waals surface area contributed by atoms with Crippen LogP contribution >= 0.6 is 11.6 Å². The van der Waals surface area contributed by atoms with Crippen LogP contribution in [-0.2, 0) is 0 Å². The number of anilines is 2. The molecule has 18 heavy (non-hydrogen) atoms. The topological polar surface area (TPSA) is 41.3 Å². The monoisotopic (exact) mass is 265 g/mol. The van der Waals surface area contributed by atoms with Gasteiger partial charge >= 0.3 is 0 Å². The van der Waals surface area contributed by atoms with Gasteiger partial charge in [0.25, 0.3) is 0 Å². The molecule has 1 saturated heterocycles. The molecule has 0 saturated carbocycles. The lowest BCUT2D eigenvalue weighted by Gasteiger charge is -2.50. The Bertz CT molecular complexity index is 464. The molecule has 0 aliphatic carbocycles. The van der Waals surface area contributed by atoms with Crippen LogP contribution in [0.5, 0.6) is 0 Å². The molecule has 0 amide bonds. The fraction of sp³-hybridized carbons (Fsp3) is 0.429. The molecule has 1 aromatic rings. The number of hydrogen-bond acceptors (Lipinski definition) is 3. The van der Waals surface area contributed by atoms with Gasteiger partial charge in [0.2, 0.25) is 0 Å². The molecule has 0 atom stereocenters. The number of nitrogens with two attached hydrogens (primary N) is 1. The van der Waals surface area contributed by atoms with Crippen molar-refractivity contribution in [1.29, 1.82) is 0 Å². The molecule has 3 nitrogen and oxygen atoms in total. The zero-order valence-corrected chi connectivity index (χ0v) is 11.7. The van der Waals surface area contributed by atoms with Gasteiger partial charge in [-0.3, -0.25) is 0 Å². The van der Waals surface area contributed by atoms with Gasteiger partial charge in [0.15, 0.2) is 0 Å². The second-order valence-electron chi connectivity index (χ2n) is 5.33. The average molecular weight is 266 g/mol. The third kappa shape index (κ3) is 2.33. The van der Waals surface area contributed by atoms with E-state index < -0.39 is 0 Å². The molecular formula is C14H20ClN3. The summed E-state index contributed by atoms with van der Waals surface area (Å²) in [5, 5.41) is 3.91. The van der Waals surface area contributed by atoms with E-state index in [2.05, 4.69) is 23.7 Å². The quantitative estimate of drug-likeness (QED) is 0.823. The number of nitrogens with one attached hydrogen (secondary N) is 1. The summed E-state index contributed by atoms with van der Waals surface area (Å²) in [5.41, 5.74) is 9.06. The van der Waals surface area contributed by atoms with Crippen molar-refractivity contribution in [3.63, 3.8) is 0 Å². The lowest BCUT2D eigenvalue weighted by atomic mass is 9.81. The number of benzene rings is 1. The minimum absolute atomic E-state index is 0.324. The largest absolute Gasteiger partial charge is 0.398 e. The molecule has 0 spiro atoms. The first kappa shape index (κ1) is 13.2. The maximum absolute atomic E-state index is 6.08. The summed E-state index contributed by atoms with van der Waals surface area (Å²) in [5.74, 6) is 0. The Kier molecular flexibility index (Phi) is 3.55. The fourth-order valence-electron chi connectivity index (χ4n) is 2.69. The van der Waals surface area contributed by atoms with E-state index in [1.54, 1.807) is 12.1 Å². The van der Waals surface area contributed by atoms with Crippen molar-refractivity contribution in [1.82, 2.24) is 5.32 Å². The lowest BCUT2D eigenvalue weighted by molar-refractivity contribution is 0.238. The predicted molar refractivity (Wildman–Crippen MR) is 80.2 cm³/mol. The second kappa shape index (κ2) is 4.82. The van der Waals surface area contributed by atoms with Gasteiger partial charge in [-0.25, -0.2) is 0 Å². The van der Waals surface area contributed by atoms with E-state index in [1.165, 1.54) is 0 Å². The molecule has 0 unspecified atom stereocenters. The first-order valence-electron chi connectivity index (χ1n) is 6.10. The van der Waals surface area contributed by atoms with Crippen molar-refractivity contribution in [2.45, 2.75) is 6.92 Å². The van der Waals surface area contributed by atoms with E-state index in [-0.39, 0.29) is 0 Å². The molecule has 1 fully saturated rings. The van der Waals surface area contributed by atoms with Gasteiger partial charge in [-0.2, -0.15) is 0 Å². The van der Waals surface area contributed by atoms with Crippen molar-refractivity contribution in [3.8, 4) is 0 Å². The maximum atomic E-state index is 6.08. The Morgan fingerprint density at radius 2 is 2.22 bits per heavy atom. The van der Waals surface area contributed by atoms with Crippen LogP contribution in [0.3, 0.4) is 0 Å². The van der Waals surface area contributed by atoms with Crippen LogP contribution in [0, 0.1) is 5.41 Å². The minimum Gasteiger partial charge on any atom is -0.398 e. The summed E-state index contributed by atoms with van der Waals surface area (Å²) in [6, 6.07) is 3.74. The molecule has 0 bridgehead atoms. The SMILES string of the molecule is C=Cc1c(N)cc(Cl)cc1N1CC(C)(CNC)C1. The Morgan fingerprint density at radius 1 is 1.56 bits per heavy atom. The first-order valence-corrected chi connectivity index (χ1v) is 6.48. The maximum Gasteiger partial charge on any atom is 0.0475 e. The number of nitrogens with zero attached hydrogens (tertiary/aromatic N) is 1. The molecule has 0 aromatic heterocycles. The van der Waals surface area contributed by atoms with Crippen LogP contribution in [-0.4, -0.2) is 26.7 Å². The molecule has 1 aromatic carbocycles.